The Hall–Kier alpha value is -2.09. The quantitative estimate of drug-likeness (QED) is 0.704. The highest BCUT2D eigenvalue weighted by Crippen LogP contribution is 2.41. The molecule has 2 aliphatic rings. The summed E-state index contributed by atoms with van der Waals surface area (Å²) in [7, 11) is 0. The molecule has 144 valence electrons. The molecule has 1 aromatic heterocycles. The minimum atomic E-state index is -0.243. The molecule has 1 saturated carbocycles. The second-order valence-corrected chi connectivity index (χ2v) is 8.04. The van der Waals surface area contributed by atoms with Crippen molar-refractivity contribution in [2.45, 2.75) is 43.3 Å². The number of benzene rings is 1. The minimum absolute atomic E-state index is 0.0184. The molecule has 6 nitrogen and oxygen atoms in total. The number of nitrogens with zero attached hydrogens (tertiary/aromatic N) is 4. The fraction of sp³-hybridized carbons (Fsp3) is 0.526. The van der Waals surface area contributed by atoms with E-state index in [9.17, 15) is 9.18 Å². The molecule has 1 aromatic carbocycles. The molecule has 2 aromatic rings. The largest absolute Gasteiger partial charge is 0.355 e. The van der Waals surface area contributed by atoms with Gasteiger partial charge in [0, 0.05) is 25.7 Å². The highest BCUT2D eigenvalue weighted by Gasteiger charge is 2.32. The van der Waals surface area contributed by atoms with Crippen molar-refractivity contribution >= 4 is 23.6 Å². The van der Waals surface area contributed by atoms with Crippen LogP contribution in [0.25, 0.3) is 0 Å². The fourth-order valence-electron chi connectivity index (χ4n) is 3.33. The summed E-state index contributed by atoms with van der Waals surface area (Å²) in [5, 5.41) is 12.5. The summed E-state index contributed by atoms with van der Waals surface area (Å²) in [6.07, 6.45) is 5.42. The first-order chi connectivity index (χ1) is 13.2. The van der Waals surface area contributed by atoms with Crippen LogP contribution in [0.15, 0.2) is 29.4 Å². The molecule has 0 bridgehead atoms. The van der Waals surface area contributed by atoms with Crippen molar-refractivity contribution in [2.24, 2.45) is 0 Å². The maximum absolute atomic E-state index is 12.9. The lowest BCUT2D eigenvalue weighted by Crippen LogP contribution is -2.27. The van der Waals surface area contributed by atoms with E-state index in [1.807, 2.05) is 0 Å². The average Bonchev–Trinajstić information content (AvgIpc) is 3.19. The lowest BCUT2D eigenvalue weighted by molar-refractivity contribution is -0.118. The highest BCUT2D eigenvalue weighted by atomic mass is 32.2. The molecular formula is C19H24FN5OS. The molecule has 0 radical (unpaired) electrons. The molecule has 1 aliphatic carbocycles. The van der Waals surface area contributed by atoms with E-state index in [2.05, 4.69) is 25.0 Å². The van der Waals surface area contributed by atoms with Gasteiger partial charge in [-0.25, -0.2) is 4.39 Å². The van der Waals surface area contributed by atoms with E-state index in [0.29, 0.717) is 24.8 Å². The van der Waals surface area contributed by atoms with Crippen molar-refractivity contribution in [3.8, 4) is 0 Å². The maximum atomic E-state index is 12.9. The van der Waals surface area contributed by atoms with Crippen LogP contribution in [0.4, 0.5) is 10.3 Å². The Morgan fingerprint density at radius 1 is 1.19 bits per heavy atom. The fourth-order valence-corrected chi connectivity index (χ4v) is 4.16. The molecule has 2 heterocycles. The van der Waals surface area contributed by atoms with Gasteiger partial charge in [0.1, 0.15) is 5.82 Å². The van der Waals surface area contributed by atoms with E-state index in [4.69, 9.17) is 0 Å². The van der Waals surface area contributed by atoms with Crippen LogP contribution in [0.1, 0.15) is 37.3 Å². The summed E-state index contributed by atoms with van der Waals surface area (Å²) < 4.78 is 15.1. The van der Waals surface area contributed by atoms with Crippen molar-refractivity contribution in [3.63, 3.8) is 0 Å². The Morgan fingerprint density at radius 2 is 1.93 bits per heavy atom. The van der Waals surface area contributed by atoms with Crippen LogP contribution in [0.5, 0.6) is 0 Å². The number of aromatic nitrogens is 3. The van der Waals surface area contributed by atoms with Gasteiger partial charge in [-0.15, -0.1) is 10.2 Å². The van der Waals surface area contributed by atoms with E-state index in [-0.39, 0.29) is 11.7 Å². The topological polar surface area (TPSA) is 63.1 Å². The van der Waals surface area contributed by atoms with Crippen LogP contribution in [-0.4, -0.2) is 46.1 Å². The van der Waals surface area contributed by atoms with Gasteiger partial charge in [0.05, 0.1) is 5.75 Å². The van der Waals surface area contributed by atoms with Gasteiger partial charge in [0.2, 0.25) is 11.9 Å². The molecule has 0 unspecified atom stereocenters. The standard InChI is InChI=1S/C19H24FN5OS/c20-15-5-3-14(4-6-15)9-10-21-17(26)13-27-19-23-22-18(24-11-1-2-12-24)25(19)16-7-8-16/h3-6,16H,1-2,7-13H2,(H,21,26). The number of anilines is 1. The Morgan fingerprint density at radius 3 is 2.63 bits per heavy atom. The van der Waals surface area contributed by atoms with Crippen LogP contribution in [0.3, 0.4) is 0 Å². The van der Waals surface area contributed by atoms with E-state index in [0.717, 1.165) is 42.6 Å². The number of rotatable bonds is 8. The Balaban J connectivity index is 1.28. The zero-order chi connectivity index (χ0) is 18.6. The predicted octanol–water partition coefficient (Wildman–Crippen LogP) is 2.80. The third-order valence-electron chi connectivity index (χ3n) is 4.93. The van der Waals surface area contributed by atoms with Gasteiger partial charge < -0.3 is 10.2 Å². The third kappa shape index (κ3) is 4.61. The van der Waals surface area contributed by atoms with Crippen LogP contribution in [-0.2, 0) is 11.2 Å². The molecule has 27 heavy (non-hydrogen) atoms. The first-order valence-corrected chi connectivity index (χ1v) is 10.5. The second-order valence-electron chi connectivity index (χ2n) is 7.09. The van der Waals surface area contributed by atoms with Crippen molar-refractivity contribution in [1.29, 1.82) is 0 Å². The molecule has 8 heteroatoms. The summed E-state index contributed by atoms with van der Waals surface area (Å²) in [4.78, 5) is 14.5. The summed E-state index contributed by atoms with van der Waals surface area (Å²) in [6.45, 7) is 2.62. The third-order valence-corrected chi connectivity index (χ3v) is 5.87. The minimum Gasteiger partial charge on any atom is -0.355 e. The molecule has 0 spiro atoms. The number of carbonyl (C=O) groups is 1. The molecule has 1 amide bonds. The number of hydrogen-bond donors (Lipinski definition) is 1. The first-order valence-electron chi connectivity index (χ1n) is 9.54. The molecule has 1 saturated heterocycles. The number of amides is 1. The summed E-state index contributed by atoms with van der Waals surface area (Å²) in [5.41, 5.74) is 1.01. The Kier molecular flexibility index (Phi) is 5.61. The van der Waals surface area contributed by atoms with Gasteiger partial charge in [-0.1, -0.05) is 23.9 Å². The molecule has 1 N–H and O–H groups in total. The summed E-state index contributed by atoms with van der Waals surface area (Å²) >= 11 is 1.45. The van der Waals surface area contributed by atoms with E-state index >= 15 is 0 Å². The maximum Gasteiger partial charge on any atom is 0.230 e. The van der Waals surface area contributed by atoms with E-state index in [1.54, 1.807) is 12.1 Å². The van der Waals surface area contributed by atoms with Gasteiger partial charge in [-0.05, 0) is 49.8 Å². The van der Waals surface area contributed by atoms with Crippen molar-refractivity contribution in [2.75, 3.05) is 30.3 Å². The number of hydrogen-bond acceptors (Lipinski definition) is 5. The van der Waals surface area contributed by atoms with Crippen molar-refractivity contribution < 1.29 is 9.18 Å². The molecular weight excluding hydrogens is 365 g/mol. The van der Waals surface area contributed by atoms with Crippen molar-refractivity contribution in [1.82, 2.24) is 20.1 Å². The van der Waals surface area contributed by atoms with E-state index < -0.39 is 0 Å². The Labute approximate surface area is 162 Å². The summed E-state index contributed by atoms with van der Waals surface area (Å²) in [6, 6.07) is 6.85. The number of nitrogens with one attached hydrogen (secondary N) is 1. The first kappa shape index (κ1) is 18.3. The predicted molar refractivity (Wildman–Crippen MR) is 104 cm³/mol. The van der Waals surface area contributed by atoms with Gasteiger partial charge in [-0.2, -0.15) is 0 Å². The average molecular weight is 390 g/mol. The summed E-state index contributed by atoms with van der Waals surface area (Å²) in [5.74, 6) is 1.03. The van der Waals surface area contributed by atoms with Crippen LogP contribution in [0.2, 0.25) is 0 Å². The van der Waals surface area contributed by atoms with Gasteiger partial charge in [0.25, 0.3) is 0 Å². The normalized spacial score (nSPS) is 16.7. The molecule has 0 atom stereocenters. The SMILES string of the molecule is O=C(CSc1nnc(N2CCCC2)n1C1CC1)NCCc1ccc(F)cc1. The monoisotopic (exact) mass is 389 g/mol. The van der Waals surface area contributed by atoms with Crippen LogP contribution in [0, 0.1) is 5.82 Å². The number of carbonyl (C=O) groups excluding carboxylic acids is 1. The molecule has 1 aliphatic heterocycles. The van der Waals surface area contributed by atoms with Gasteiger partial charge in [0.15, 0.2) is 5.16 Å². The van der Waals surface area contributed by atoms with Crippen LogP contribution < -0.4 is 10.2 Å². The van der Waals surface area contributed by atoms with E-state index in [1.165, 1.54) is 36.7 Å². The molecule has 2 fully saturated rings. The van der Waals surface area contributed by atoms with Crippen molar-refractivity contribution in [3.05, 3.63) is 35.6 Å². The molecule has 4 rings (SSSR count). The second kappa shape index (κ2) is 8.29. The van der Waals surface area contributed by atoms with Crippen LogP contribution >= 0.6 is 11.8 Å². The number of halogens is 1. The Bertz CT molecular complexity index is 784. The number of thioether (sulfide) groups is 1. The lowest BCUT2D eigenvalue weighted by atomic mass is 10.1. The zero-order valence-electron chi connectivity index (χ0n) is 15.2. The highest BCUT2D eigenvalue weighted by molar-refractivity contribution is 7.99. The van der Waals surface area contributed by atoms with Gasteiger partial charge in [-0.3, -0.25) is 9.36 Å². The lowest BCUT2D eigenvalue weighted by Gasteiger charge is -2.17. The smallest absolute Gasteiger partial charge is 0.230 e. The van der Waals surface area contributed by atoms with Gasteiger partial charge >= 0.3 is 0 Å². The zero-order valence-corrected chi connectivity index (χ0v) is 16.1.